The van der Waals surface area contributed by atoms with Gasteiger partial charge in [0.25, 0.3) is 0 Å². The van der Waals surface area contributed by atoms with Crippen molar-refractivity contribution in [3.05, 3.63) is 59.4 Å². The fourth-order valence-corrected chi connectivity index (χ4v) is 2.75. The van der Waals surface area contributed by atoms with Crippen LogP contribution in [0.25, 0.3) is 11.0 Å². The summed E-state index contributed by atoms with van der Waals surface area (Å²) >= 11 is 5.87. The summed E-state index contributed by atoms with van der Waals surface area (Å²) in [7, 11) is 0. The van der Waals surface area contributed by atoms with Gasteiger partial charge in [-0.3, -0.25) is 0 Å². The van der Waals surface area contributed by atoms with Crippen molar-refractivity contribution in [2.24, 2.45) is 5.73 Å². The predicted molar refractivity (Wildman–Crippen MR) is 93.9 cm³/mol. The standard InChI is InChI=1S/C18H20ClN3O/c1-13(20)18-21-16-5-2-3-6-17(16)22(18)11-4-12-23-15-9-7-14(19)8-10-15/h2-3,5-10,13H,4,11-12,20H2,1H3. The molecule has 0 aliphatic heterocycles. The molecule has 0 saturated carbocycles. The zero-order valence-corrected chi connectivity index (χ0v) is 13.8. The highest BCUT2D eigenvalue weighted by molar-refractivity contribution is 6.30. The maximum atomic E-state index is 6.06. The average Bonchev–Trinajstić information content (AvgIpc) is 2.92. The summed E-state index contributed by atoms with van der Waals surface area (Å²) in [5, 5.41) is 0.712. The Kier molecular flexibility index (Phi) is 4.84. The van der Waals surface area contributed by atoms with Crippen LogP contribution in [0.5, 0.6) is 5.75 Å². The van der Waals surface area contributed by atoms with E-state index in [1.165, 1.54) is 0 Å². The van der Waals surface area contributed by atoms with Crippen LogP contribution in [0.4, 0.5) is 0 Å². The number of nitrogens with two attached hydrogens (primary N) is 1. The number of para-hydroxylation sites is 2. The van der Waals surface area contributed by atoms with Crippen LogP contribution >= 0.6 is 11.6 Å². The van der Waals surface area contributed by atoms with Gasteiger partial charge in [-0.1, -0.05) is 23.7 Å². The largest absolute Gasteiger partial charge is 0.494 e. The molecule has 0 radical (unpaired) electrons. The van der Waals surface area contributed by atoms with Gasteiger partial charge in [-0.15, -0.1) is 0 Å². The van der Waals surface area contributed by atoms with Crippen molar-refractivity contribution in [1.82, 2.24) is 9.55 Å². The van der Waals surface area contributed by atoms with Crippen LogP contribution < -0.4 is 10.5 Å². The van der Waals surface area contributed by atoms with Gasteiger partial charge in [0.05, 0.1) is 23.7 Å². The Morgan fingerprint density at radius 3 is 2.65 bits per heavy atom. The second-order valence-corrected chi connectivity index (χ2v) is 5.99. The number of nitrogens with zero attached hydrogens (tertiary/aromatic N) is 2. The lowest BCUT2D eigenvalue weighted by Crippen LogP contribution is -2.14. The molecule has 120 valence electrons. The minimum absolute atomic E-state index is 0.0976. The lowest BCUT2D eigenvalue weighted by molar-refractivity contribution is 0.301. The lowest BCUT2D eigenvalue weighted by Gasteiger charge is -2.12. The molecule has 0 saturated heterocycles. The Labute approximate surface area is 140 Å². The van der Waals surface area contributed by atoms with E-state index in [1.54, 1.807) is 0 Å². The van der Waals surface area contributed by atoms with Crippen LogP contribution in [-0.4, -0.2) is 16.2 Å². The van der Waals surface area contributed by atoms with E-state index in [0.717, 1.165) is 35.6 Å². The van der Waals surface area contributed by atoms with Crippen LogP contribution in [0.3, 0.4) is 0 Å². The number of rotatable bonds is 6. The number of benzene rings is 2. The number of hydrogen-bond donors (Lipinski definition) is 1. The summed E-state index contributed by atoms with van der Waals surface area (Å²) in [6, 6.07) is 15.4. The lowest BCUT2D eigenvalue weighted by atomic mass is 10.3. The third-order valence-electron chi connectivity index (χ3n) is 3.70. The van der Waals surface area contributed by atoms with Crippen molar-refractivity contribution in [2.45, 2.75) is 25.9 Å². The van der Waals surface area contributed by atoms with E-state index in [1.807, 2.05) is 49.4 Å². The molecular formula is C18H20ClN3O. The fourth-order valence-electron chi connectivity index (χ4n) is 2.62. The molecule has 2 aromatic carbocycles. The average molecular weight is 330 g/mol. The molecule has 3 rings (SSSR count). The zero-order valence-electron chi connectivity index (χ0n) is 13.1. The molecule has 3 aromatic rings. The van der Waals surface area contributed by atoms with Gasteiger partial charge in [-0.2, -0.15) is 0 Å². The van der Waals surface area contributed by atoms with Crippen molar-refractivity contribution in [3.63, 3.8) is 0 Å². The third-order valence-corrected chi connectivity index (χ3v) is 3.95. The second-order valence-electron chi connectivity index (χ2n) is 5.55. The molecule has 0 aliphatic rings. The Morgan fingerprint density at radius 1 is 1.17 bits per heavy atom. The highest BCUT2D eigenvalue weighted by atomic mass is 35.5. The first-order valence-corrected chi connectivity index (χ1v) is 8.12. The molecule has 1 heterocycles. The number of ether oxygens (including phenoxy) is 1. The third kappa shape index (κ3) is 3.66. The first kappa shape index (κ1) is 15.8. The molecule has 2 N–H and O–H groups in total. The maximum Gasteiger partial charge on any atom is 0.126 e. The summed E-state index contributed by atoms with van der Waals surface area (Å²) in [5.74, 6) is 1.75. The van der Waals surface area contributed by atoms with Crippen LogP contribution in [0.15, 0.2) is 48.5 Å². The van der Waals surface area contributed by atoms with Gasteiger partial charge in [0.2, 0.25) is 0 Å². The van der Waals surface area contributed by atoms with Crippen molar-refractivity contribution in [1.29, 1.82) is 0 Å². The van der Waals surface area contributed by atoms with Gasteiger partial charge in [-0.05, 0) is 49.7 Å². The molecule has 1 aromatic heterocycles. The number of imidazole rings is 1. The molecule has 0 spiro atoms. The Balaban J connectivity index is 1.66. The summed E-state index contributed by atoms with van der Waals surface area (Å²) in [4.78, 5) is 4.64. The van der Waals surface area contributed by atoms with E-state index in [0.29, 0.717) is 11.6 Å². The van der Waals surface area contributed by atoms with Gasteiger partial charge < -0.3 is 15.0 Å². The zero-order chi connectivity index (χ0) is 16.2. The minimum Gasteiger partial charge on any atom is -0.494 e. The summed E-state index contributed by atoms with van der Waals surface area (Å²) in [6.07, 6.45) is 0.878. The van der Waals surface area contributed by atoms with Crippen molar-refractivity contribution >= 4 is 22.6 Å². The number of halogens is 1. The molecule has 4 nitrogen and oxygen atoms in total. The highest BCUT2D eigenvalue weighted by Gasteiger charge is 2.13. The van der Waals surface area contributed by atoms with Crippen LogP contribution in [0.2, 0.25) is 5.02 Å². The predicted octanol–water partition coefficient (Wildman–Crippen LogP) is 4.18. The Bertz CT molecular complexity index is 781. The number of aromatic nitrogens is 2. The SMILES string of the molecule is CC(N)c1nc2ccccc2n1CCCOc1ccc(Cl)cc1. The van der Waals surface area contributed by atoms with Crippen LogP contribution in [-0.2, 0) is 6.54 Å². The molecule has 0 aliphatic carbocycles. The molecular weight excluding hydrogens is 310 g/mol. The van der Waals surface area contributed by atoms with E-state index >= 15 is 0 Å². The molecule has 0 bridgehead atoms. The number of hydrogen-bond acceptors (Lipinski definition) is 3. The van der Waals surface area contributed by atoms with Gasteiger partial charge in [0.1, 0.15) is 11.6 Å². The van der Waals surface area contributed by atoms with Crippen LogP contribution in [0.1, 0.15) is 25.2 Å². The van der Waals surface area contributed by atoms with Gasteiger partial charge in [-0.25, -0.2) is 4.98 Å². The maximum absolute atomic E-state index is 6.06. The second kappa shape index (κ2) is 7.02. The number of aryl methyl sites for hydroxylation is 1. The van der Waals surface area contributed by atoms with E-state index in [9.17, 15) is 0 Å². The smallest absolute Gasteiger partial charge is 0.126 e. The van der Waals surface area contributed by atoms with E-state index < -0.39 is 0 Å². The number of fused-ring (bicyclic) bond motifs is 1. The summed E-state index contributed by atoms with van der Waals surface area (Å²) in [6.45, 7) is 3.42. The first-order valence-electron chi connectivity index (χ1n) is 7.74. The van der Waals surface area contributed by atoms with E-state index in [4.69, 9.17) is 22.1 Å². The fraction of sp³-hybridized carbons (Fsp3) is 0.278. The molecule has 5 heteroatoms. The van der Waals surface area contributed by atoms with Crippen molar-refractivity contribution in [3.8, 4) is 5.75 Å². The monoisotopic (exact) mass is 329 g/mol. The summed E-state index contributed by atoms with van der Waals surface area (Å²) < 4.78 is 7.93. The normalized spacial score (nSPS) is 12.5. The van der Waals surface area contributed by atoms with E-state index in [-0.39, 0.29) is 6.04 Å². The van der Waals surface area contributed by atoms with Gasteiger partial charge >= 0.3 is 0 Å². The topological polar surface area (TPSA) is 53.1 Å². The molecule has 23 heavy (non-hydrogen) atoms. The Hall–Kier alpha value is -2.04. The molecule has 1 unspecified atom stereocenters. The molecule has 1 atom stereocenters. The summed E-state index contributed by atoms with van der Waals surface area (Å²) in [5.41, 5.74) is 8.16. The Morgan fingerprint density at radius 2 is 1.91 bits per heavy atom. The van der Waals surface area contributed by atoms with Crippen molar-refractivity contribution in [2.75, 3.05) is 6.61 Å². The molecule has 0 amide bonds. The van der Waals surface area contributed by atoms with E-state index in [2.05, 4.69) is 15.6 Å². The first-order chi connectivity index (χ1) is 11.1. The van der Waals surface area contributed by atoms with Crippen molar-refractivity contribution < 1.29 is 4.74 Å². The van der Waals surface area contributed by atoms with Gasteiger partial charge in [0, 0.05) is 11.6 Å². The molecule has 0 fully saturated rings. The van der Waals surface area contributed by atoms with Crippen LogP contribution in [0, 0.1) is 0 Å². The minimum atomic E-state index is -0.0976. The highest BCUT2D eigenvalue weighted by Crippen LogP contribution is 2.20. The quantitative estimate of drug-likeness (QED) is 0.690. The van der Waals surface area contributed by atoms with Gasteiger partial charge in [0.15, 0.2) is 0 Å².